The summed E-state index contributed by atoms with van der Waals surface area (Å²) in [6, 6.07) is 4.98. The van der Waals surface area contributed by atoms with Crippen LogP contribution in [0.2, 0.25) is 10.0 Å². The molecule has 0 aliphatic carbocycles. The van der Waals surface area contributed by atoms with Crippen molar-refractivity contribution in [2.45, 2.75) is 37.3 Å². The summed E-state index contributed by atoms with van der Waals surface area (Å²) in [7, 11) is -1.42. The van der Waals surface area contributed by atoms with Crippen molar-refractivity contribution in [2.75, 3.05) is 12.3 Å². The molecule has 0 radical (unpaired) electrons. The second-order valence-electron chi connectivity index (χ2n) is 5.35. The van der Waals surface area contributed by atoms with Crippen molar-refractivity contribution < 1.29 is 9.32 Å². The lowest BCUT2D eigenvalue weighted by Crippen LogP contribution is -2.42. The second kappa shape index (κ2) is 7.04. The number of aliphatic hydroxyl groups excluding tert-OH is 1. The molecule has 0 saturated heterocycles. The van der Waals surface area contributed by atoms with Crippen molar-refractivity contribution in [2.24, 2.45) is 0 Å². The third-order valence-electron chi connectivity index (χ3n) is 2.36. The molecule has 2 unspecified atom stereocenters. The lowest BCUT2D eigenvalue weighted by atomic mass is 10.1. The van der Waals surface area contributed by atoms with Gasteiger partial charge in [-0.25, -0.2) is 0 Å². The quantitative estimate of drug-likeness (QED) is 0.876. The maximum absolute atomic E-state index is 12.2. The van der Waals surface area contributed by atoms with Gasteiger partial charge in [0.2, 0.25) is 0 Å². The Hall–Kier alpha value is -0.130. The molecule has 0 aliphatic heterocycles. The van der Waals surface area contributed by atoms with E-state index in [0.29, 0.717) is 21.5 Å². The van der Waals surface area contributed by atoms with Gasteiger partial charge < -0.3 is 10.4 Å². The van der Waals surface area contributed by atoms with Crippen LogP contribution in [0.1, 0.15) is 20.8 Å². The van der Waals surface area contributed by atoms with Crippen LogP contribution in [0.3, 0.4) is 0 Å². The Balaban J connectivity index is 2.65. The van der Waals surface area contributed by atoms with Gasteiger partial charge in [0, 0.05) is 12.1 Å². The van der Waals surface area contributed by atoms with E-state index in [1.165, 1.54) is 0 Å². The molecule has 0 heterocycles. The Bertz CT molecular complexity index is 440. The smallest absolute Gasteiger partial charge is 0.0783 e. The summed E-state index contributed by atoms with van der Waals surface area (Å²) in [5, 5.41) is 13.8. The number of nitrogens with one attached hydrogen (secondary N) is 1. The molecule has 3 nitrogen and oxygen atoms in total. The molecule has 19 heavy (non-hydrogen) atoms. The zero-order chi connectivity index (χ0) is 14.6. The van der Waals surface area contributed by atoms with Crippen molar-refractivity contribution in [3.63, 3.8) is 0 Å². The van der Waals surface area contributed by atoms with Gasteiger partial charge in [-0.2, -0.15) is 0 Å². The van der Waals surface area contributed by atoms with E-state index in [1.54, 1.807) is 18.2 Å². The highest BCUT2D eigenvalue weighted by molar-refractivity contribution is 7.85. The van der Waals surface area contributed by atoms with Gasteiger partial charge in [0.05, 0.1) is 37.6 Å². The number of β-amino-alcohol motifs (C(OH)–C–C–N with tert-alkyl or cyclic N) is 1. The molecule has 0 aliphatic rings. The number of halogens is 2. The number of benzene rings is 1. The maximum Gasteiger partial charge on any atom is 0.0783 e. The van der Waals surface area contributed by atoms with E-state index in [-0.39, 0.29) is 11.3 Å². The van der Waals surface area contributed by atoms with Crippen molar-refractivity contribution in [1.29, 1.82) is 0 Å². The fraction of sp³-hybridized carbons (Fsp3) is 0.538. The summed E-state index contributed by atoms with van der Waals surface area (Å²) in [5.41, 5.74) is -0.0927. The van der Waals surface area contributed by atoms with Crippen molar-refractivity contribution in [3.05, 3.63) is 28.2 Å². The molecule has 0 bridgehead atoms. The van der Waals surface area contributed by atoms with Crippen LogP contribution in [0.25, 0.3) is 0 Å². The molecule has 1 aromatic carbocycles. The third-order valence-corrected chi connectivity index (χ3v) is 4.80. The first-order valence-electron chi connectivity index (χ1n) is 5.96. The molecule has 0 fully saturated rings. The summed E-state index contributed by atoms with van der Waals surface area (Å²) in [5.74, 6) is 0.104. The molecule has 2 atom stereocenters. The normalized spacial score (nSPS) is 15.3. The zero-order valence-corrected chi connectivity index (χ0v) is 13.6. The van der Waals surface area contributed by atoms with Crippen molar-refractivity contribution >= 4 is 34.0 Å². The van der Waals surface area contributed by atoms with Crippen molar-refractivity contribution in [1.82, 2.24) is 5.32 Å². The lowest BCUT2D eigenvalue weighted by Gasteiger charge is -2.22. The van der Waals surface area contributed by atoms with E-state index in [0.717, 1.165) is 0 Å². The van der Waals surface area contributed by atoms with Gasteiger partial charge in [0.25, 0.3) is 0 Å². The van der Waals surface area contributed by atoms with Crippen LogP contribution in [0.15, 0.2) is 23.1 Å². The summed E-state index contributed by atoms with van der Waals surface area (Å²) >= 11 is 12.0. The molecule has 6 heteroatoms. The van der Waals surface area contributed by atoms with E-state index in [4.69, 9.17) is 23.2 Å². The molecule has 0 spiro atoms. The van der Waals surface area contributed by atoms with E-state index in [2.05, 4.69) is 5.32 Å². The first-order chi connectivity index (χ1) is 8.70. The Morgan fingerprint density at radius 1 is 1.32 bits per heavy atom. The van der Waals surface area contributed by atoms with Gasteiger partial charge in [0.15, 0.2) is 0 Å². The molecule has 0 aromatic heterocycles. The fourth-order valence-electron chi connectivity index (χ4n) is 1.44. The van der Waals surface area contributed by atoms with Gasteiger partial charge in [-0.1, -0.05) is 29.3 Å². The van der Waals surface area contributed by atoms with Crippen molar-refractivity contribution in [3.8, 4) is 0 Å². The van der Waals surface area contributed by atoms with Crippen LogP contribution in [0, 0.1) is 0 Å². The minimum Gasteiger partial charge on any atom is -0.391 e. The Morgan fingerprint density at radius 2 is 1.84 bits per heavy atom. The highest BCUT2D eigenvalue weighted by Crippen LogP contribution is 2.27. The van der Waals surface area contributed by atoms with Gasteiger partial charge in [0.1, 0.15) is 0 Å². The average molecular weight is 324 g/mol. The monoisotopic (exact) mass is 323 g/mol. The number of rotatable bonds is 5. The van der Waals surface area contributed by atoms with E-state index in [1.807, 2.05) is 20.8 Å². The average Bonchev–Trinajstić information content (AvgIpc) is 2.25. The SMILES string of the molecule is CC(C)(C)NCC(O)CS(=O)c1c(Cl)cccc1Cl. The highest BCUT2D eigenvalue weighted by atomic mass is 35.5. The van der Waals surface area contributed by atoms with E-state index in [9.17, 15) is 9.32 Å². The summed E-state index contributed by atoms with van der Waals surface area (Å²) in [4.78, 5) is 0.389. The molecule has 0 amide bonds. The van der Waals surface area contributed by atoms with Crippen LogP contribution < -0.4 is 5.32 Å². The molecule has 0 saturated carbocycles. The predicted molar refractivity (Wildman–Crippen MR) is 81.5 cm³/mol. The zero-order valence-electron chi connectivity index (χ0n) is 11.2. The number of hydrogen-bond donors (Lipinski definition) is 2. The second-order valence-corrected chi connectivity index (χ2v) is 7.59. The molecular weight excluding hydrogens is 305 g/mol. The molecule has 1 rings (SSSR count). The topological polar surface area (TPSA) is 49.3 Å². The van der Waals surface area contributed by atoms with Crippen LogP contribution in [0.5, 0.6) is 0 Å². The largest absolute Gasteiger partial charge is 0.391 e. The number of aliphatic hydroxyl groups is 1. The maximum atomic E-state index is 12.2. The van der Waals surface area contributed by atoms with E-state index >= 15 is 0 Å². The summed E-state index contributed by atoms with van der Waals surface area (Å²) in [6.45, 7) is 6.38. The van der Waals surface area contributed by atoms with Crippen LogP contribution in [-0.2, 0) is 10.8 Å². The fourth-order valence-corrected chi connectivity index (χ4v) is 3.56. The Morgan fingerprint density at radius 3 is 2.32 bits per heavy atom. The predicted octanol–water partition coefficient (Wildman–Crippen LogP) is 2.85. The van der Waals surface area contributed by atoms with Crippen LogP contribution in [-0.4, -0.2) is 33.3 Å². The lowest BCUT2D eigenvalue weighted by molar-refractivity contribution is 0.182. The van der Waals surface area contributed by atoms with Gasteiger partial charge in [-0.3, -0.25) is 4.21 Å². The summed E-state index contributed by atoms with van der Waals surface area (Å²) in [6.07, 6.45) is -0.715. The molecule has 2 N–H and O–H groups in total. The summed E-state index contributed by atoms with van der Waals surface area (Å²) < 4.78 is 12.2. The first kappa shape index (κ1) is 16.9. The molecule has 1 aromatic rings. The minimum absolute atomic E-state index is 0.0927. The van der Waals surface area contributed by atoms with Gasteiger partial charge >= 0.3 is 0 Å². The number of hydrogen-bond acceptors (Lipinski definition) is 3. The molecular formula is C13H19Cl2NO2S. The standard InChI is InChI=1S/C13H19Cl2NO2S/c1-13(2,3)16-7-9(17)8-19(18)12-10(14)5-4-6-11(12)15/h4-6,9,16-17H,7-8H2,1-3H3. The van der Waals surface area contributed by atoms with Gasteiger partial charge in [-0.05, 0) is 32.9 Å². The third kappa shape index (κ3) is 5.79. The van der Waals surface area contributed by atoms with Crippen LogP contribution in [0.4, 0.5) is 0 Å². The molecule has 108 valence electrons. The van der Waals surface area contributed by atoms with Crippen LogP contribution >= 0.6 is 23.2 Å². The first-order valence-corrected chi connectivity index (χ1v) is 8.03. The van der Waals surface area contributed by atoms with Gasteiger partial charge in [-0.15, -0.1) is 0 Å². The minimum atomic E-state index is -1.42. The highest BCUT2D eigenvalue weighted by Gasteiger charge is 2.18. The Kier molecular flexibility index (Phi) is 6.27. The Labute approximate surface area is 126 Å². The van der Waals surface area contributed by atoms with E-state index < -0.39 is 16.9 Å².